The van der Waals surface area contributed by atoms with E-state index in [4.69, 9.17) is 11.6 Å². The smallest absolute Gasteiger partial charge is 0.287 e. The van der Waals surface area contributed by atoms with Gasteiger partial charge in [0.2, 0.25) is 5.91 Å². The largest absolute Gasteiger partial charge is 0.352 e. The zero-order valence-electron chi connectivity index (χ0n) is 14.4. The first-order chi connectivity index (χ1) is 12.9. The minimum absolute atomic E-state index is 0.0220. The molecule has 0 unspecified atom stereocenters. The summed E-state index contributed by atoms with van der Waals surface area (Å²) in [5.41, 5.74) is 3.51. The number of hydrogen-bond acceptors (Lipinski definition) is 5. The molecular weight excluding hydrogens is 372 g/mol. The number of rotatable bonds is 7. The van der Waals surface area contributed by atoms with Gasteiger partial charge in [0.25, 0.3) is 11.6 Å². The van der Waals surface area contributed by atoms with Crippen LogP contribution in [0, 0.1) is 10.1 Å². The highest BCUT2D eigenvalue weighted by Gasteiger charge is 2.15. The molecule has 0 spiro atoms. The lowest BCUT2D eigenvalue weighted by molar-refractivity contribution is -0.384. The number of carbonyl (C=O) groups is 2. The molecule has 0 bridgehead atoms. The topological polar surface area (TPSA) is 114 Å². The van der Waals surface area contributed by atoms with Gasteiger partial charge in [0.15, 0.2) is 0 Å². The maximum Gasteiger partial charge on any atom is 0.287 e. The average Bonchev–Trinajstić information content (AvgIpc) is 2.65. The summed E-state index contributed by atoms with van der Waals surface area (Å²) in [7, 11) is 0. The van der Waals surface area contributed by atoms with Gasteiger partial charge in [-0.15, -0.1) is 0 Å². The van der Waals surface area contributed by atoms with Gasteiger partial charge in [0.05, 0.1) is 11.3 Å². The van der Waals surface area contributed by atoms with Gasteiger partial charge >= 0.3 is 0 Å². The Morgan fingerprint density at radius 1 is 1.19 bits per heavy atom. The molecule has 0 fully saturated rings. The lowest BCUT2D eigenvalue weighted by atomic mass is 10.2. The van der Waals surface area contributed by atoms with Crippen molar-refractivity contribution in [1.29, 1.82) is 0 Å². The predicted molar refractivity (Wildman–Crippen MR) is 102 cm³/mol. The van der Waals surface area contributed by atoms with Crippen molar-refractivity contribution in [2.24, 2.45) is 5.10 Å². The van der Waals surface area contributed by atoms with E-state index in [1.165, 1.54) is 12.1 Å². The minimum atomic E-state index is -0.639. The van der Waals surface area contributed by atoms with Crippen LogP contribution in [0.2, 0.25) is 5.02 Å². The molecule has 0 saturated carbocycles. The van der Waals surface area contributed by atoms with E-state index in [0.29, 0.717) is 12.3 Å². The van der Waals surface area contributed by atoms with Gasteiger partial charge in [-0.3, -0.25) is 19.7 Å². The van der Waals surface area contributed by atoms with Gasteiger partial charge in [-0.25, -0.2) is 5.43 Å². The Morgan fingerprint density at radius 2 is 1.89 bits per heavy atom. The first-order valence-corrected chi connectivity index (χ1v) is 8.32. The Hall–Kier alpha value is -3.26. The standard InChI is InChI=1S/C18H17ClN4O4/c1-12(9-17(24)20-11-13-5-3-2-4-6-13)21-22-18(25)14-7-8-16(23(26)27)15(19)10-14/h2-8,10H,9,11H2,1H3,(H,20,24)(H,22,25)/b21-12+. The molecule has 0 saturated heterocycles. The second-order valence-corrected chi connectivity index (χ2v) is 6.06. The molecule has 140 valence electrons. The normalized spacial score (nSPS) is 11.0. The van der Waals surface area contributed by atoms with Crippen LogP contribution in [-0.2, 0) is 11.3 Å². The van der Waals surface area contributed by atoms with E-state index in [0.717, 1.165) is 11.6 Å². The maximum absolute atomic E-state index is 12.0. The van der Waals surface area contributed by atoms with E-state index in [9.17, 15) is 19.7 Å². The Balaban J connectivity index is 1.87. The number of hydrazone groups is 1. The van der Waals surface area contributed by atoms with Crippen molar-refractivity contribution in [3.8, 4) is 0 Å². The fraction of sp³-hybridized carbons (Fsp3) is 0.167. The Morgan fingerprint density at radius 3 is 2.52 bits per heavy atom. The van der Waals surface area contributed by atoms with Gasteiger partial charge in [-0.05, 0) is 24.6 Å². The van der Waals surface area contributed by atoms with Crippen LogP contribution in [0.15, 0.2) is 53.6 Å². The fourth-order valence-corrected chi connectivity index (χ4v) is 2.39. The second kappa shape index (κ2) is 9.44. The molecule has 2 amide bonds. The summed E-state index contributed by atoms with van der Waals surface area (Å²) in [4.78, 5) is 34.0. The number of nitro benzene ring substituents is 1. The van der Waals surface area contributed by atoms with Gasteiger partial charge in [0, 0.05) is 23.9 Å². The van der Waals surface area contributed by atoms with E-state index in [1.54, 1.807) is 6.92 Å². The van der Waals surface area contributed by atoms with E-state index < -0.39 is 10.8 Å². The summed E-state index contributed by atoms with van der Waals surface area (Å²) in [6, 6.07) is 13.1. The first kappa shape index (κ1) is 20.1. The Kier molecular flexibility index (Phi) is 7.01. The number of hydrogen-bond donors (Lipinski definition) is 2. The van der Waals surface area contributed by atoms with Crippen molar-refractivity contribution in [3.63, 3.8) is 0 Å². The zero-order valence-corrected chi connectivity index (χ0v) is 15.2. The molecule has 27 heavy (non-hydrogen) atoms. The minimum Gasteiger partial charge on any atom is -0.352 e. The molecule has 9 heteroatoms. The molecule has 0 aliphatic rings. The molecule has 2 rings (SSSR count). The molecule has 8 nitrogen and oxygen atoms in total. The van der Waals surface area contributed by atoms with E-state index >= 15 is 0 Å². The predicted octanol–water partition coefficient (Wildman–Crippen LogP) is 3.06. The molecule has 2 aromatic carbocycles. The maximum atomic E-state index is 12.0. The van der Waals surface area contributed by atoms with Crippen LogP contribution in [0.4, 0.5) is 5.69 Å². The number of nitro groups is 1. The van der Waals surface area contributed by atoms with Crippen LogP contribution in [0.3, 0.4) is 0 Å². The van der Waals surface area contributed by atoms with Crippen molar-refractivity contribution >= 4 is 34.8 Å². The molecule has 2 aromatic rings. The number of benzene rings is 2. The van der Waals surface area contributed by atoms with Crippen LogP contribution in [0.1, 0.15) is 29.3 Å². The first-order valence-electron chi connectivity index (χ1n) is 7.95. The SMILES string of the molecule is C/C(CC(=O)NCc1ccccc1)=N\NC(=O)c1ccc([N+](=O)[O-])c(Cl)c1. The third-order valence-electron chi connectivity index (χ3n) is 3.50. The molecule has 0 aliphatic carbocycles. The zero-order chi connectivity index (χ0) is 19.8. The molecule has 0 aromatic heterocycles. The van der Waals surface area contributed by atoms with E-state index in [2.05, 4.69) is 15.8 Å². The lowest BCUT2D eigenvalue weighted by Crippen LogP contribution is -2.26. The summed E-state index contributed by atoms with van der Waals surface area (Å²) in [5.74, 6) is -0.816. The third-order valence-corrected chi connectivity index (χ3v) is 3.81. The summed E-state index contributed by atoms with van der Waals surface area (Å²) < 4.78 is 0. The summed E-state index contributed by atoms with van der Waals surface area (Å²) in [5, 5.41) is 17.2. The highest BCUT2D eigenvalue weighted by atomic mass is 35.5. The van der Waals surface area contributed by atoms with Crippen LogP contribution in [0.25, 0.3) is 0 Å². The lowest BCUT2D eigenvalue weighted by Gasteiger charge is -2.06. The average molecular weight is 389 g/mol. The third kappa shape index (κ3) is 6.19. The van der Waals surface area contributed by atoms with E-state index in [1.807, 2.05) is 30.3 Å². The quantitative estimate of drug-likeness (QED) is 0.431. The second-order valence-electron chi connectivity index (χ2n) is 5.65. The summed E-state index contributed by atoms with van der Waals surface area (Å²) >= 11 is 5.77. The van der Waals surface area contributed by atoms with Crippen LogP contribution >= 0.6 is 11.6 Å². The highest BCUT2D eigenvalue weighted by Crippen LogP contribution is 2.24. The van der Waals surface area contributed by atoms with E-state index in [-0.39, 0.29) is 28.6 Å². The van der Waals surface area contributed by atoms with Crippen molar-refractivity contribution in [3.05, 3.63) is 74.8 Å². The molecule has 0 radical (unpaired) electrons. The van der Waals surface area contributed by atoms with Gasteiger partial charge in [-0.2, -0.15) is 5.10 Å². The molecule has 0 atom stereocenters. The number of nitrogens with one attached hydrogen (secondary N) is 2. The molecular formula is C18H17ClN4O4. The van der Waals surface area contributed by atoms with Crippen molar-refractivity contribution in [1.82, 2.24) is 10.7 Å². The molecule has 0 aliphatic heterocycles. The number of nitrogens with zero attached hydrogens (tertiary/aromatic N) is 2. The summed E-state index contributed by atoms with van der Waals surface area (Å²) in [6.45, 7) is 2.01. The number of amides is 2. The van der Waals surface area contributed by atoms with Crippen LogP contribution in [0.5, 0.6) is 0 Å². The molecule has 0 heterocycles. The number of carbonyl (C=O) groups excluding carboxylic acids is 2. The Labute approximate surface area is 160 Å². The number of halogens is 1. The van der Waals surface area contributed by atoms with Gasteiger partial charge < -0.3 is 5.32 Å². The van der Waals surface area contributed by atoms with Gasteiger partial charge in [-0.1, -0.05) is 41.9 Å². The summed E-state index contributed by atoms with van der Waals surface area (Å²) in [6.07, 6.45) is 0.0220. The van der Waals surface area contributed by atoms with Gasteiger partial charge in [0.1, 0.15) is 5.02 Å². The van der Waals surface area contributed by atoms with Crippen molar-refractivity contribution in [2.75, 3.05) is 0 Å². The molecule has 2 N–H and O–H groups in total. The van der Waals surface area contributed by atoms with Crippen molar-refractivity contribution in [2.45, 2.75) is 19.9 Å². The van der Waals surface area contributed by atoms with Crippen LogP contribution < -0.4 is 10.7 Å². The Bertz CT molecular complexity index is 884. The highest BCUT2D eigenvalue weighted by molar-refractivity contribution is 6.33. The van der Waals surface area contributed by atoms with Crippen LogP contribution in [-0.4, -0.2) is 22.4 Å². The fourth-order valence-electron chi connectivity index (χ4n) is 2.14. The monoisotopic (exact) mass is 388 g/mol. The van der Waals surface area contributed by atoms with Crippen molar-refractivity contribution < 1.29 is 14.5 Å².